The van der Waals surface area contributed by atoms with Crippen molar-refractivity contribution in [3.63, 3.8) is 0 Å². The summed E-state index contributed by atoms with van der Waals surface area (Å²) in [6.45, 7) is -0.257. The van der Waals surface area contributed by atoms with Crippen LogP contribution < -0.4 is 4.74 Å². The standard InChI is InChI=1S/C11H14O3/c1-14-11-6-3-9(4-7-11)2-5-10(13)8-12/h2-7,10,12-13H,8H2,1H3/b5-2+/t10-/m1/s1. The van der Waals surface area contributed by atoms with Gasteiger partial charge in [-0.15, -0.1) is 0 Å². The molecule has 76 valence electrons. The van der Waals surface area contributed by atoms with E-state index in [1.165, 1.54) is 0 Å². The highest BCUT2D eigenvalue weighted by atomic mass is 16.5. The van der Waals surface area contributed by atoms with Crippen LogP contribution in [0.3, 0.4) is 0 Å². The zero-order chi connectivity index (χ0) is 10.4. The van der Waals surface area contributed by atoms with Crippen LogP contribution in [0.4, 0.5) is 0 Å². The first-order valence-electron chi connectivity index (χ1n) is 4.37. The van der Waals surface area contributed by atoms with Crippen LogP contribution in [0.5, 0.6) is 5.75 Å². The van der Waals surface area contributed by atoms with Crippen LogP contribution in [-0.4, -0.2) is 30.0 Å². The highest BCUT2D eigenvalue weighted by Crippen LogP contribution is 2.12. The van der Waals surface area contributed by atoms with Crippen LogP contribution in [0, 0.1) is 0 Å². The largest absolute Gasteiger partial charge is 0.497 e. The highest BCUT2D eigenvalue weighted by Gasteiger charge is 1.94. The van der Waals surface area contributed by atoms with Gasteiger partial charge in [0.25, 0.3) is 0 Å². The summed E-state index contributed by atoms with van der Waals surface area (Å²) < 4.78 is 5.00. The van der Waals surface area contributed by atoms with E-state index in [4.69, 9.17) is 14.9 Å². The van der Waals surface area contributed by atoms with E-state index in [-0.39, 0.29) is 6.61 Å². The molecule has 0 aromatic heterocycles. The van der Waals surface area contributed by atoms with Crippen molar-refractivity contribution in [2.45, 2.75) is 6.10 Å². The van der Waals surface area contributed by atoms with Crippen molar-refractivity contribution in [3.8, 4) is 5.75 Å². The molecule has 0 aliphatic carbocycles. The van der Waals surface area contributed by atoms with Gasteiger partial charge in [-0.3, -0.25) is 0 Å². The Kier molecular flexibility index (Phi) is 4.16. The summed E-state index contributed by atoms with van der Waals surface area (Å²) in [5, 5.41) is 17.6. The van der Waals surface area contributed by atoms with Gasteiger partial charge in [0.15, 0.2) is 0 Å². The molecule has 3 nitrogen and oxygen atoms in total. The summed E-state index contributed by atoms with van der Waals surface area (Å²) >= 11 is 0. The Hall–Kier alpha value is -1.32. The summed E-state index contributed by atoms with van der Waals surface area (Å²) in [6, 6.07) is 7.43. The van der Waals surface area contributed by atoms with Crippen molar-refractivity contribution in [1.29, 1.82) is 0 Å². The number of aliphatic hydroxyl groups is 2. The number of rotatable bonds is 4. The molecule has 0 radical (unpaired) electrons. The van der Waals surface area contributed by atoms with E-state index < -0.39 is 6.10 Å². The second kappa shape index (κ2) is 5.42. The SMILES string of the molecule is COc1ccc(/C=C/[C@@H](O)CO)cc1. The minimum atomic E-state index is -0.794. The number of hydrogen-bond donors (Lipinski definition) is 2. The maximum atomic E-state index is 9.06. The Labute approximate surface area is 83.3 Å². The lowest BCUT2D eigenvalue weighted by Gasteiger charge is -2.00. The molecule has 1 atom stereocenters. The molecule has 1 aromatic rings. The van der Waals surface area contributed by atoms with Gasteiger partial charge in [-0.2, -0.15) is 0 Å². The van der Waals surface area contributed by atoms with Gasteiger partial charge < -0.3 is 14.9 Å². The minimum Gasteiger partial charge on any atom is -0.497 e. The van der Waals surface area contributed by atoms with Crippen molar-refractivity contribution < 1.29 is 14.9 Å². The van der Waals surface area contributed by atoms with Crippen LogP contribution >= 0.6 is 0 Å². The monoisotopic (exact) mass is 194 g/mol. The molecule has 0 amide bonds. The van der Waals surface area contributed by atoms with Gasteiger partial charge in [0.05, 0.1) is 19.8 Å². The first-order chi connectivity index (χ1) is 6.76. The van der Waals surface area contributed by atoms with E-state index in [1.54, 1.807) is 19.3 Å². The molecule has 0 aliphatic rings. The van der Waals surface area contributed by atoms with Crippen LogP contribution in [0.25, 0.3) is 6.08 Å². The molecule has 0 unspecified atom stereocenters. The average Bonchev–Trinajstić information content (AvgIpc) is 2.26. The summed E-state index contributed by atoms with van der Waals surface area (Å²) in [5.74, 6) is 0.796. The Morgan fingerprint density at radius 3 is 2.50 bits per heavy atom. The van der Waals surface area contributed by atoms with Crippen molar-refractivity contribution in [2.75, 3.05) is 13.7 Å². The number of methoxy groups -OCH3 is 1. The fraction of sp³-hybridized carbons (Fsp3) is 0.273. The minimum absolute atomic E-state index is 0.257. The topological polar surface area (TPSA) is 49.7 Å². The molecule has 0 aliphatic heterocycles. The summed E-state index contributed by atoms with van der Waals surface area (Å²) in [6.07, 6.45) is 2.50. The molecule has 0 spiro atoms. The van der Waals surface area contributed by atoms with Crippen molar-refractivity contribution >= 4 is 6.08 Å². The molecule has 0 saturated carbocycles. The molecule has 3 heteroatoms. The Morgan fingerprint density at radius 2 is 2.00 bits per heavy atom. The summed E-state index contributed by atoms with van der Waals surface area (Å²) in [5.41, 5.74) is 0.957. The molecule has 1 rings (SSSR count). The van der Waals surface area contributed by atoms with Gasteiger partial charge in [0.1, 0.15) is 5.75 Å². The zero-order valence-electron chi connectivity index (χ0n) is 8.05. The fourth-order valence-electron chi connectivity index (χ4n) is 0.998. The van der Waals surface area contributed by atoms with Gasteiger partial charge in [-0.05, 0) is 17.7 Å². The Balaban J connectivity index is 2.64. The van der Waals surface area contributed by atoms with E-state index in [2.05, 4.69) is 0 Å². The maximum absolute atomic E-state index is 9.06. The molecule has 0 saturated heterocycles. The molecular weight excluding hydrogens is 180 g/mol. The zero-order valence-corrected chi connectivity index (χ0v) is 8.05. The molecular formula is C11H14O3. The summed E-state index contributed by atoms with van der Waals surface area (Å²) in [7, 11) is 1.61. The number of ether oxygens (including phenoxy) is 1. The predicted octanol–water partition coefficient (Wildman–Crippen LogP) is 1.06. The van der Waals surface area contributed by atoms with E-state index >= 15 is 0 Å². The van der Waals surface area contributed by atoms with E-state index in [0.717, 1.165) is 11.3 Å². The average molecular weight is 194 g/mol. The first-order valence-corrected chi connectivity index (χ1v) is 4.37. The predicted molar refractivity (Wildman–Crippen MR) is 55.1 cm³/mol. The third-order valence-electron chi connectivity index (χ3n) is 1.81. The number of benzene rings is 1. The van der Waals surface area contributed by atoms with Gasteiger partial charge in [0.2, 0.25) is 0 Å². The van der Waals surface area contributed by atoms with Gasteiger partial charge >= 0.3 is 0 Å². The van der Waals surface area contributed by atoms with E-state index in [1.807, 2.05) is 24.3 Å². The molecule has 0 bridgehead atoms. The molecule has 14 heavy (non-hydrogen) atoms. The van der Waals surface area contributed by atoms with E-state index in [0.29, 0.717) is 0 Å². The maximum Gasteiger partial charge on any atom is 0.118 e. The first kappa shape index (κ1) is 10.8. The highest BCUT2D eigenvalue weighted by molar-refractivity contribution is 5.51. The van der Waals surface area contributed by atoms with Crippen molar-refractivity contribution in [1.82, 2.24) is 0 Å². The third kappa shape index (κ3) is 3.20. The van der Waals surface area contributed by atoms with Crippen molar-refractivity contribution in [2.24, 2.45) is 0 Å². The lowest BCUT2D eigenvalue weighted by atomic mass is 10.2. The van der Waals surface area contributed by atoms with Gasteiger partial charge in [0, 0.05) is 0 Å². The Morgan fingerprint density at radius 1 is 1.36 bits per heavy atom. The molecule has 2 N–H and O–H groups in total. The lowest BCUT2D eigenvalue weighted by molar-refractivity contribution is 0.131. The fourth-order valence-corrected chi connectivity index (χ4v) is 0.998. The molecule has 0 fully saturated rings. The summed E-state index contributed by atoms with van der Waals surface area (Å²) in [4.78, 5) is 0. The van der Waals surface area contributed by atoms with Crippen molar-refractivity contribution in [3.05, 3.63) is 35.9 Å². The molecule has 0 heterocycles. The molecule has 1 aromatic carbocycles. The Bertz CT molecular complexity index is 290. The van der Waals surface area contributed by atoms with Crippen LogP contribution in [0.15, 0.2) is 30.3 Å². The second-order valence-electron chi connectivity index (χ2n) is 2.88. The normalized spacial score (nSPS) is 13.1. The van der Waals surface area contributed by atoms with Gasteiger partial charge in [-0.1, -0.05) is 24.3 Å². The van der Waals surface area contributed by atoms with Crippen LogP contribution in [-0.2, 0) is 0 Å². The number of aliphatic hydroxyl groups excluding tert-OH is 2. The van der Waals surface area contributed by atoms with Gasteiger partial charge in [-0.25, -0.2) is 0 Å². The van der Waals surface area contributed by atoms with Crippen LogP contribution in [0.2, 0.25) is 0 Å². The smallest absolute Gasteiger partial charge is 0.118 e. The second-order valence-corrected chi connectivity index (χ2v) is 2.88. The quantitative estimate of drug-likeness (QED) is 0.753. The van der Waals surface area contributed by atoms with E-state index in [9.17, 15) is 0 Å². The number of hydrogen-bond acceptors (Lipinski definition) is 3. The van der Waals surface area contributed by atoms with Crippen LogP contribution in [0.1, 0.15) is 5.56 Å². The third-order valence-corrected chi connectivity index (χ3v) is 1.81. The lowest BCUT2D eigenvalue weighted by Crippen LogP contribution is -2.06.